The fourth-order valence-electron chi connectivity index (χ4n) is 4.03. The summed E-state index contributed by atoms with van der Waals surface area (Å²) in [6, 6.07) is 12.7. The maximum atomic E-state index is 13.2. The van der Waals surface area contributed by atoms with Gasteiger partial charge < -0.3 is 20.1 Å². The first-order valence-corrected chi connectivity index (χ1v) is 9.29. The number of ether oxygens (including phenoxy) is 2. The minimum Gasteiger partial charge on any atom is -0.491 e. The lowest BCUT2D eigenvalue weighted by molar-refractivity contribution is 0.0708. The number of aromatic nitrogens is 1. The molecule has 29 heavy (non-hydrogen) atoms. The zero-order valence-corrected chi connectivity index (χ0v) is 15.8. The van der Waals surface area contributed by atoms with Crippen molar-refractivity contribution in [1.82, 2.24) is 9.88 Å². The third-order valence-electron chi connectivity index (χ3n) is 5.66. The number of carbonyl (C=O) groups excluding carboxylic acids is 1. The van der Waals surface area contributed by atoms with Gasteiger partial charge in [0.1, 0.15) is 18.2 Å². The Morgan fingerprint density at radius 1 is 1.24 bits per heavy atom. The maximum absolute atomic E-state index is 13.2. The molecule has 0 saturated carbocycles. The van der Waals surface area contributed by atoms with E-state index in [4.69, 9.17) is 20.5 Å². The molecular weight excluding hydrogens is 368 g/mol. The van der Waals surface area contributed by atoms with Crippen molar-refractivity contribution in [3.8, 4) is 11.8 Å². The number of likely N-dealkylation sites (N-methyl/N-ethyl adjacent to an activating group) is 1. The highest BCUT2D eigenvalue weighted by Crippen LogP contribution is 2.37. The molecule has 0 aliphatic carbocycles. The summed E-state index contributed by atoms with van der Waals surface area (Å²) in [6.45, 7) is 1.28. The van der Waals surface area contributed by atoms with Crippen molar-refractivity contribution in [2.24, 2.45) is 0 Å². The van der Waals surface area contributed by atoms with Gasteiger partial charge in [0.25, 0.3) is 5.91 Å². The Morgan fingerprint density at radius 2 is 2.07 bits per heavy atom. The Bertz CT molecular complexity index is 1210. The monoisotopic (exact) mass is 386 g/mol. The van der Waals surface area contributed by atoms with Crippen LogP contribution in [0.5, 0.6) is 5.75 Å². The first kappa shape index (κ1) is 17.5. The van der Waals surface area contributed by atoms with Crippen LogP contribution in [0.25, 0.3) is 10.9 Å². The van der Waals surface area contributed by atoms with E-state index in [-0.39, 0.29) is 11.9 Å². The summed E-state index contributed by atoms with van der Waals surface area (Å²) in [6.07, 6.45) is 0. The van der Waals surface area contributed by atoms with Crippen LogP contribution >= 0.6 is 0 Å². The van der Waals surface area contributed by atoms with Gasteiger partial charge in [-0.1, -0.05) is 6.07 Å². The van der Waals surface area contributed by atoms with Crippen LogP contribution in [0, 0.1) is 11.3 Å². The number of hydrogen-bond acceptors (Lipinski definition) is 6. The average Bonchev–Trinajstić information content (AvgIpc) is 3.40. The second kappa shape index (κ2) is 6.47. The van der Waals surface area contributed by atoms with Gasteiger partial charge in [-0.2, -0.15) is 5.26 Å². The van der Waals surface area contributed by atoms with E-state index in [1.54, 1.807) is 30.1 Å². The summed E-state index contributed by atoms with van der Waals surface area (Å²) in [5, 5.41) is 9.96. The van der Waals surface area contributed by atoms with E-state index in [1.165, 1.54) is 0 Å². The zero-order chi connectivity index (χ0) is 20.1. The van der Waals surface area contributed by atoms with E-state index < -0.39 is 0 Å². The van der Waals surface area contributed by atoms with E-state index in [0.29, 0.717) is 42.5 Å². The minimum atomic E-state index is -0.209. The summed E-state index contributed by atoms with van der Waals surface area (Å²) < 4.78 is 11.3. The second-order valence-electron chi connectivity index (χ2n) is 7.29. The van der Waals surface area contributed by atoms with E-state index >= 15 is 0 Å². The molecule has 5 rings (SSSR count). The van der Waals surface area contributed by atoms with Gasteiger partial charge in [0, 0.05) is 29.1 Å². The molecule has 0 fully saturated rings. The molecule has 0 radical (unpaired) electrons. The third kappa shape index (κ3) is 2.69. The lowest BCUT2D eigenvalue weighted by Gasteiger charge is -2.24. The minimum absolute atomic E-state index is 0.109. The highest BCUT2D eigenvalue weighted by molar-refractivity contribution is 5.99. The van der Waals surface area contributed by atoms with Crippen LogP contribution in [0.2, 0.25) is 0 Å². The normalized spacial score (nSPS) is 16.8. The predicted octanol–water partition coefficient (Wildman–Crippen LogP) is 2.92. The van der Waals surface area contributed by atoms with Crippen molar-refractivity contribution in [2.45, 2.75) is 19.3 Å². The van der Waals surface area contributed by atoms with Crippen LogP contribution in [0.4, 0.5) is 5.82 Å². The molecular formula is C22H18N4O3. The van der Waals surface area contributed by atoms with Crippen molar-refractivity contribution in [2.75, 3.05) is 19.4 Å². The number of fused-ring (bicyclic) bond motifs is 4. The van der Waals surface area contributed by atoms with Gasteiger partial charge in [-0.3, -0.25) is 4.79 Å². The van der Waals surface area contributed by atoms with Crippen LogP contribution in [0.15, 0.2) is 36.4 Å². The standard InChI is InChI=1S/C22H18N4O3/c1-26(19-11-29-20-6-12(8-23)2-4-14(19)20)22(27)13-3-5-18-15(7-13)16-9-28-10-17(16)21(24)25-18/h2-7,19H,9-11H2,1H3,(H2,24,25)/t19-/m0/s1. The molecule has 2 N–H and O–H groups in total. The van der Waals surface area contributed by atoms with Crippen LogP contribution in [0.3, 0.4) is 0 Å². The smallest absolute Gasteiger partial charge is 0.254 e. The molecule has 0 saturated heterocycles. The summed E-state index contributed by atoms with van der Waals surface area (Å²) in [5.74, 6) is 1.03. The van der Waals surface area contributed by atoms with E-state index in [0.717, 1.165) is 27.6 Å². The first-order valence-electron chi connectivity index (χ1n) is 9.29. The highest BCUT2D eigenvalue weighted by atomic mass is 16.5. The molecule has 144 valence electrons. The zero-order valence-electron chi connectivity index (χ0n) is 15.8. The number of pyridine rings is 1. The third-order valence-corrected chi connectivity index (χ3v) is 5.66. The topological polar surface area (TPSA) is 101 Å². The van der Waals surface area contributed by atoms with E-state index in [2.05, 4.69) is 11.1 Å². The van der Waals surface area contributed by atoms with Crippen LogP contribution < -0.4 is 10.5 Å². The molecule has 3 heterocycles. The number of anilines is 1. The second-order valence-corrected chi connectivity index (χ2v) is 7.29. The van der Waals surface area contributed by atoms with Crippen molar-refractivity contribution >= 4 is 22.6 Å². The Hall–Kier alpha value is -3.63. The molecule has 1 atom stereocenters. The van der Waals surface area contributed by atoms with Gasteiger partial charge in [-0.15, -0.1) is 0 Å². The summed E-state index contributed by atoms with van der Waals surface area (Å²) in [4.78, 5) is 19.3. The number of rotatable bonds is 2. The van der Waals surface area contributed by atoms with E-state index in [1.807, 2.05) is 18.2 Å². The van der Waals surface area contributed by atoms with E-state index in [9.17, 15) is 4.79 Å². The SMILES string of the molecule is CN(C(=O)c1ccc2nc(N)c3c(c2c1)COC3)[C@H]1COc2cc(C#N)ccc21. The molecule has 1 amide bonds. The Morgan fingerprint density at radius 3 is 2.90 bits per heavy atom. The maximum Gasteiger partial charge on any atom is 0.254 e. The van der Waals surface area contributed by atoms with Crippen molar-refractivity contribution in [1.29, 1.82) is 5.26 Å². The van der Waals surface area contributed by atoms with Crippen LogP contribution in [-0.4, -0.2) is 29.4 Å². The van der Waals surface area contributed by atoms with Gasteiger partial charge in [-0.05, 0) is 35.9 Å². The van der Waals surface area contributed by atoms with Gasteiger partial charge in [0.2, 0.25) is 0 Å². The molecule has 7 heteroatoms. The molecule has 1 aromatic heterocycles. The Labute approximate surface area is 167 Å². The fraction of sp³-hybridized carbons (Fsp3) is 0.227. The number of nitriles is 1. The van der Waals surface area contributed by atoms with Crippen LogP contribution in [-0.2, 0) is 18.0 Å². The predicted molar refractivity (Wildman–Crippen MR) is 106 cm³/mol. The number of nitrogen functional groups attached to an aromatic ring is 1. The molecule has 2 aliphatic heterocycles. The molecule has 0 unspecified atom stereocenters. The van der Waals surface area contributed by atoms with Crippen molar-refractivity contribution in [3.63, 3.8) is 0 Å². The highest BCUT2D eigenvalue weighted by Gasteiger charge is 2.31. The quantitative estimate of drug-likeness (QED) is 0.727. The Kier molecular flexibility index (Phi) is 3.89. The van der Waals surface area contributed by atoms with Gasteiger partial charge in [0.15, 0.2) is 0 Å². The van der Waals surface area contributed by atoms with Gasteiger partial charge in [0.05, 0.1) is 36.4 Å². The molecule has 3 aromatic rings. The number of hydrogen-bond donors (Lipinski definition) is 1. The summed E-state index contributed by atoms with van der Waals surface area (Å²) in [5.41, 5.74) is 10.7. The molecule has 0 bridgehead atoms. The van der Waals surface area contributed by atoms with Crippen molar-refractivity contribution in [3.05, 3.63) is 64.2 Å². The molecule has 0 spiro atoms. The number of nitrogens with two attached hydrogens (primary N) is 1. The lowest BCUT2D eigenvalue weighted by Crippen LogP contribution is -2.32. The summed E-state index contributed by atoms with van der Waals surface area (Å²) in [7, 11) is 1.77. The number of benzene rings is 2. The van der Waals surface area contributed by atoms with Crippen LogP contribution in [0.1, 0.15) is 38.7 Å². The summed E-state index contributed by atoms with van der Waals surface area (Å²) >= 11 is 0. The average molecular weight is 386 g/mol. The Balaban J connectivity index is 1.49. The fourth-order valence-corrected chi connectivity index (χ4v) is 4.03. The lowest BCUT2D eigenvalue weighted by atomic mass is 10.0. The molecule has 2 aromatic carbocycles. The number of nitrogens with zero attached hydrogens (tertiary/aromatic N) is 3. The first-order chi connectivity index (χ1) is 14.1. The molecule has 2 aliphatic rings. The molecule has 7 nitrogen and oxygen atoms in total. The number of amides is 1. The largest absolute Gasteiger partial charge is 0.491 e. The number of carbonyl (C=O) groups is 1. The van der Waals surface area contributed by atoms with Gasteiger partial charge >= 0.3 is 0 Å². The van der Waals surface area contributed by atoms with Crippen molar-refractivity contribution < 1.29 is 14.3 Å². The van der Waals surface area contributed by atoms with Gasteiger partial charge in [-0.25, -0.2) is 4.98 Å².